The average Bonchev–Trinajstić information content (AvgIpc) is 2.46. The van der Waals surface area contributed by atoms with Gasteiger partial charge in [0.2, 0.25) is 0 Å². The largest absolute Gasteiger partial charge is 0.303 e. The van der Waals surface area contributed by atoms with Crippen molar-refractivity contribution in [3.05, 3.63) is 70.2 Å². The molecule has 0 fully saturated rings. The molecule has 2 aromatic rings. The molecule has 0 saturated heterocycles. The molecule has 0 aliphatic heterocycles. The molecule has 2 atom stereocenters. The molecule has 0 spiro atoms. The maximum absolute atomic E-state index is 6.27. The molecule has 1 N–H and O–H groups in total. The lowest BCUT2D eigenvalue weighted by molar-refractivity contribution is 0.456. The van der Waals surface area contributed by atoms with Crippen molar-refractivity contribution in [1.82, 2.24) is 5.32 Å². The van der Waals surface area contributed by atoms with E-state index in [-0.39, 0.29) is 6.04 Å². The Morgan fingerprint density at radius 2 is 1.70 bits per heavy atom. The fourth-order valence-electron chi connectivity index (χ4n) is 2.47. The van der Waals surface area contributed by atoms with Gasteiger partial charge in [-0.3, -0.25) is 0 Å². The highest BCUT2D eigenvalue weighted by molar-refractivity contribution is 6.31. The Morgan fingerprint density at radius 3 is 2.30 bits per heavy atom. The summed E-state index contributed by atoms with van der Waals surface area (Å²) in [6.45, 7) is 6.49. The quantitative estimate of drug-likeness (QED) is 0.771. The molecule has 0 aliphatic rings. The Hall–Kier alpha value is -1.31. The van der Waals surface area contributed by atoms with Crippen molar-refractivity contribution in [3.63, 3.8) is 0 Å². The zero-order valence-electron chi connectivity index (χ0n) is 12.4. The topological polar surface area (TPSA) is 12.0 Å². The third-order valence-electron chi connectivity index (χ3n) is 3.71. The van der Waals surface area contributed by atoms with E-state index in [0.717, 1.165) is 17.0 Å². The van der Waals surface area contributed by atoms with Crippen molar-refractivity contribution < 1.29 is 0 Å². The minimum atomic E-state index is 0.231. The van der Waals surface area contributed by atoms with Crippen LogP contribution in [0.3, 0.4) is 0 Å². The zero-order chi connectivity index (χ0) is 14.5. The molecule has 0 bridgehead atoms. The smallest absolute Gasteiger partial charge is 0.0453 e. The molecule has 0 aliphatic carbocycles. The van der Waals surface area contributed by atoms with Gasteiger partial charge in [0.1, 0.15) is 0 Å². The summed E-state index contributed by atoms with van der Waals surface area (Å²) < 4.78 is 0. The normalized spacial score (nSPS) is 14.0. The van der Waals surface area contributed by atoms with E-state index in [2.05, 4.69) is 56.4 Å². The molecular formula is C18H22ClN. The summed E-state index contributed by atoms with van der Waals surface area (Å²) in [5.74, 6) is 0. The molecule has 0 amide bonds. The van der Waals surface area contributed by atoms with Crippen LogP contribution in [0.5, 0.6) is 0 Å². The monoisotopic (exact) mass is 287 g/mol. The molecule has 2 aromatic carbocycles. The van der Waals surface area contributed by atoms with E-state index in [4.69, 9.17) is 11.6 Å². The lowest BCUT2D eigenvalue weighted by Gasteiger charge is -2.24. The minimum Gasteiger partial charge on any atom is -0.303 e. The van der Waals surface area contributed by atoms with E-state index in [1.807, 2.05) is 18.2 Å². The van der Waals surface area contributed by atoms with Gasteiger partial charge in [-0.15, -0.1) is 0 Å². The van der Waals surface area contributed by atoms with Crippen LogP contribution in [0.1, 0.15) is 49.0 Å². The number of aryl methyl sites for hydroxylation is 1. The first-order chi connectivity index (χ1) is 9.61. The van der Waals surface area contributed by atoms with Crippen molar-refractivity contribution in [2.45, 2.75) is 39.3 Å². The lowest BCUT2D eigenvalue weighted by atomic mass is 10.0. The zero-order valence-corrected chi connectivity index (χ0v) is 13.1. The molecule has 0 saturated carbocycles. The highest BCUT2D eigenvalue weighted by Crippen LogP contribution is 2.26. The molecule has 20 heavy (non-hydrogen) atoms. The van der Waals surface area contributed by atoms with Crippen molar-refractivity contribution in [2.24, 2.45) is 0 Å². The van der Waals surface area contributed by atoms with Crippen LogP contribution in [-0.2, 0) is 0 Å². The van der Waals surface area contributed by atoms with E-state index >= 15 is 0 Å². The minimum absolute atomic E-state index is 0.231. The fraction of sp³-hybridized carbons (Fsp3) is 0.333. The van der Waals surface area contributed by atoms with Crippen molar-refractivity contribution >= 4 is 11.6 Å². The number of benzene rings is 2. The summed E-state index contributed by atoms with van der Waals surface area (Å²) in [5.41, 5.74) is 3.78. The fourth-order valence-corrected chi connectivity index (χ4v) is 2.77. The highest BCUT2D eigenvalue weighted by atomic mass is 35.5. The van der Waals surface area contributed by atoms with Crippen LogP contribution in [-0.4, -0.2) is 0 Å². The summed E-state index contributed by atoms with van der Waals surface area (Å²) in [6.07, 6.45) is 1.05. The molecule has 1 unspecified atom stereocenters. The van der Waals surface area contributed by atoms with Crippen LogP contribution in [0.15, 0.2) is 48.5 Å². The van der Waals surface area contributed by atoms with Crippen LogP contribution in [0.25, 0.3) is 0 Å². The highest BCUT2D eigenvalue weighted by Gasteiger charge is 2.15. The van der Waals surface area contributed by atoms with Crippen LogP contribution >= 0.6 is 11.6 Å². The predicted octanol–water partition coefficient (Wildman–Crippen LogP) is 5.45. The number of nitrogens with one attached hydrogen (secondary N) is 1. The van der Waals surface area contributed by atoms with Gasteiger partial charge in [0.15, 0.2) is 0 Å². The second-order valence-electron chi connectivity index (χ2n) is 5.28. The average molecular weight is 288 g/mol. The van der Waals surface area contributed by atoms with Crippen LogP contribution in [0.2, 0.25) is 5.02 Å². The molecular weight excluding hydrogens is 266 g/mol. The molecule has 0 radical (unpaired) electrons. The number of halogens is 1. The first kappa shape index (κ1) is 15.1. The number of hydrogen-bond donors (Lipinski definition) is 1. The number of hydrogen-bond acceptors (Lipinski definition) is 1. The molecule has 2 heteroatoms. The SMILES string of the molecule is CCC(N[C@@H](C)c1ccccc1Cl)c1ccc(C)cc1. The van der Waals surface area contributed by atoms with E-state index in [1.165, 1.54) is 11.1 Å². The van der Waals surface area contributed by atoms with E-state index in [9.17, 15) is 0 Å². The van der Waals surface area contributed by atoms with Gasteiger partial charge in [0, 0.05) is 17.1 Å². The van der Waals surface area contributed by atoms with Crippen molar-refractivity contribution in [3.8, 4) is 0 Å². The second kappa shape index (κ2) is 6.92. The predicted molar refractivity (Wildman–Crippen MR) is 87.2 cm³/mol. The van der Waals surface area contributed by atoms with Crippen molar-refractivity contribution in [1.29, 1.82) is 0 Å². The maximum Gasteiger partial charge on any atom is 0.0453 e. The number of rotatable bonds is 5. The first-order valence-electron chi connectivity index (χ1n) is 7.19. The van der Waals surface area contributed by atoms with Gasteiger partial charge in [-0.1, -0.05) is 66.6 Å². The van der Waals surface area contributed by atoms with Gasteiger partial charge in [-0.2, -0.15) is 0 Å². The van der Waals surface area contributed by atoms with Crippen LogP contribution in [0, 0.1) is 6.92 Å². The Kier molecular flexibility index (Phi) is 5.22. The van der Waals surface area contributed by atoms with Crippen LogP contribution < -0.4 is 5.32 Å². The molecule has 0 aromatic heterocycles. The van der Waals surface area contributed by atoms with Gasteiger partial charge in [-0.05, 0) is 37.5 Å². The van der Waals surface area contributed by atoms with Crippen molar-refractivity contribution in [2.75, 3.05) is 0 Å². The maximum atomic E-state index is 6.27. The summed E-state index contributed by atoms with van der Waals surface area (Å²) in [7, 11) is 0. The standard InChI is InChI=1S/C18H22ClN/c1-4-18(15-11-9-13(2)10-12-15)20-14(3)16-7-5-6-8-17(16)19/h5-12,14,18,20H,4H2,1-3H3/t14-,18?/m0/s1. The summed E-state index contributed by atoms with van der Waals surface area (Å²) in [4.78, 5) is 0. The Bertz CT molecular complexity index is 548. The Morgan fingerprint density at radius 1 is 1.05 bits per heavy atom. The first-order valence-corrected chi connectivity index (χ1v) is 7.56. The van der Waals surface area contributed by atoms with Gasteiger partial charge >= 0.3 is 0 Å². The second-order valence-corrected chi connectivity index (χ2v) is 5.69. The Balaban J connectivity index is 2.14. The third-order valence-corrected chi connectivity index (χ3v) is 4.06. The summed E-state index contributed by atoms with van der Waals surface area (Å²) in [6, 6.07) is 17.4. The van der Waals surface area contributed by atoms with E-state index in [0.29, 0.717) is 6.04 Å². The molecule has 2 rings (SSSR count). The van der Waals surface area contributed by atoms with Gasteiger partial charge < -0.3 is 5.32 Å². The lowest BCUT2D eigenvalue weighted by Crippen LogP contribution is -2.24. The van der Waals surface area contributed by atoms with Crippen LogP contribution in [0.4, 0.5) is 0 Å². The van der Waals surface area contributed by atoms with E-state index < -0.39 is 0 Å². The van der Waals surface area contributed by atoms with E-state index in [1.54, 1.807) is 0 Å². The molecule has 0 heterocycles. The third kappa shape index (κ3) is 3.62. The molecule has 106 valence electrons. The van der Waals surface area contributed by atoms with Gasteiger partial charge in [0.05, 0.1) is 0 Å². The summed E-state index contributed by atoms with van der Waals surface area (Å²) >= 11 is 6.27. The van der Waals surface area contributed by atoms with Gasteiger partial charge in [0.25, 0.3) is 0 Å². The van der Waals surface area contributed by atoms with Gasteiger partial charge in [-0.25, -0.2) is 0 Å². The Labute approximate surface area is 127 Å². The summed E-state index contributed by atoms with van der Waals surface area (Å²) in [5, 5.41) is 4.50. The molecule has 1 nitrogen and oxygen atoms in total.